The molecule has 88 valence electrons. The topological polar surface area (TPSA) is 16.1 Å². The van der Waals surface area contributed by atoms with E-state index >= 15 is 0 Å². The van der Waals surface area contributed by atoms with Crippen LogP contribution in [0.4, 0.5) is 5.82 Å². The number of halogens is 1. The minimum atomic E-state index is 0.682. The highest BCUT2D eigenvalue weighted by atomic mass is 79.9. The van der Waals surface area contributed by atoms with Crippen molar-refractivity contribution in [1.29, 1.82) is 0 Å². The first-order valence-electron chi connectivity index (χ1n) is 6.11. The molecule has 0 aromatic carbocycles. The van der Waals surface area contributed by atoms with Gasteiger partial charge in [0, 0.05) is 23.3 Å². The van der Waals surface area contributed by atoms with Gasteiger partial charge in [0.15, 0.2) is 0 Å². The van der Waals surface area contributed by atoms with Crippen molar-refractivity contribution in [3.05, 3.63) is 22.3 Å². The van der Waals surface area contributed by atoms with Crippen LogP contribution in [0.3, 0.4) is 0 Å². The Kier molecular flexibility index (Phi) is 3.85. The molecule has 0 radical (unpaired) electrons. The third-order valence-electron chi connectivity index (χ3n) is 3.43. The third-order valence-corrected chi connectivity index (χ3v) is 4.26. The van der Waals surface area contributed by atoms with Crippen LogP contribution in [-0.2, 0) is 0 Å². The molecule has 2 rings (SSSR count). The van der Waals surface area contributed by atoms with Crippen molar-refractivity contribution in [2.24, 2.45) is 0 Å². The quantitative estimate of drug-likeness (QED) is 0.817. The van der Waals surface area contributed by atoms with Gasteiger partial charge in [-0.1, -0.05) is 6.92 Å². The van der Waals surface area contributed by atoms with Gasteiger partial charge in [-0.2, -0.15) is 0 Å². The number of rotatable bonds is 2. The van der Waals surface area contributed by atoms with Crippen LogP contribution in [-0.4, -0.2) is 17.6 Å². The summed E-state index contributed by atoms with van der Waals surface area (Å²) in [5.74, 6) is 1.15. The normalized spacial score (nSPS) is 21.2. The van der Waals surface area contributed by atoms with Crippen molar-refractivity contribution in [1.82, 2.24) is 4.98 Å². The first kappa shape index (κ1) is 11.9. The second kappa shape index (κ2) is 5.17. The lowest BCUT2D eigenvalue weighted by atomic mass is 10.00. The fourth-order valence-electron chi connectivity index (χ4n) is 2.41. The lowest BCUT2D eigenvalue weighted by Gasteiger charge is -2.36. The molecule has 16 heavy (non-hydrogen) atoms. The Morgan fingerprint density at radius 3 is 3.00 bits per heavy atom. The first-order valence-corrected chi connectivity index (χ1v) is 6.90. The number of nitrogens with zero attached hydrogens (tertiary/aromatic N) is 2. The lowest BCUT2D eigenvalue weighted by molar-refractivity contribution is 0.447. The number of piperidine rings is 1. The molecule has 1 saturated heterocycles. The highest BCUT2D eigenvalue weighted by Gasteiger charge is 2.21. The van der Waals surface area contributed by atoms with Crippen molar-refractivity contribution in [3.63, 3.8) is 0 Å². The van der Waals surface area contributed by atoms with Gasteiger partial charge < -0.3 is 4.90 Å². The van der Waals surface area contributed by atoms with Crippen molar-refractivity contribution in [2.75, 3.05) is 11.4 Å². The average Bonchev–Trinajstić information content (AvgIpc) is 2.32. The van der Waals surface area contributed by atoms with E-state index in [2.05, 4.69) is 45.7 Å². The maximum atomic E-state index is 4.54. The Bertz CT molecular complexity index is 365. The van der Waals surface area contributed by atoms with Crippen LogP contribution in [0, 0.1) is 6.92 Å². The molecule has 0 aliphatic carbocycles. The Labute approximate surface area is 106 Å². The molecule has 0 unspecified atom stereocenters. The van der Waals surface area contributed by atoms with E-state index in [1.807, 2.05) is 6.20 Å². The summed E-state index contributed by atoms with van der Waals surface area (Å²) in [6, 6.07) is 2.87. The summed E-state index contributed by atoms with van der Waals surface area (Å²) in [6.45, 7) is 5.56. The summed E-state index contributed by atoms with van der Waals surface area (Å²) in [6.07, 6.45) is 7.12. The average molecular weight is 283 g/mol. The summed E-state index contributed by atoms with van der Waals surface area (Å²) in [7, 11) is 0. The summed E-state index contributed by atoms with van der Waals surface area (Å²) in [5.41, 5.74) is 1.27. The van der Waals surface area contributed by atoms with E-state index in [-0.39, 0.29) is 0 Å². The molecule has 0 saturated carbocycles. The van der Waals surface area contributed by atoms with E-state index in [9.17, 15) is 0 Å². The third kappa shape index (κ3) is 2.40. The second-order valence-corrected chi connectivity index (χ2v) is 5.40. The maximum absolute atomic E-state index is 4.54. The standard InChI is InChI=1S/C13H19BrN2/c1-3-11-6-4-5-7-16(11)13-8-10(2)12(14)9-15-13/h8-9,11H,3-7H2,1-2H3/t11-/m0/s1. The molecule has 2 nitrogen and oxygen atoms in total. The number of aryl methyl sites for hydroxylation is 1. The molecule has 1 fully saturated rings. The fourth-order valence-corrected chi connectivity index (χ4v) is 2.63. The Hall–Kier alpha value is -0.570. The Morgan fingerprint density at radius 2 is 2.31 bits per heavy atom. The highest BCUT2D eigenvalue weighted by molar-refractivity contribution is 9.10. The summed E-state index contributed by atoms with van der Waals surface area (Å²) >= 11 is 3.50. The monoisotopic (exact) mass is 282 g/mol. The van der Waals surface area contributed by atoms with Crippen molar-refractivity contribution >= 4 is 21.7 Å². The van der Waals surface area contributed by atoms with E-state index in [1.165, 1.54) is 31.2 Å². The van der Waals surface area contributed by atoms with E-state index < -0.39 is 0 Å². The molecule has 1 aromatic heterocycles. The Morgan fingerprint density at radius 1 is 1.50 bits per heavy atom. The van der Waals surface area contributed by atoms with Crippen LogP contribution in [0.25, 0.3) is 0 Å². The highest BCUT2D eigenvalue weighted by Crippen LogP contribution is 2.27. The van der Waals surface area contributed by atoms with Crippen LogP contribution in [0.5, 0.6) is 0 Å². The van der Waals surface area contributed by atoms with E-state index in [0.29, 0.717) is 6.04 Å². The molecule has 0 amide bonds. The number of hydrogen-bond donors (Lipinski definition) is 0. The zero-order valence-electron chi connectivity index (χ0n) is 10.0. The van der Waals surface area contributed by atoms with E-state index in [1.54, 1.807) is 0 Å². The molecule has 1 atom stereocenters. The zero-order chi connectivity index (χ0) is 11.5. The molecule has 0 spiro atoms. The van der Waals surface area contributed by atoms with Crippen molar-refractivity contribution < 1.29 is 0 Å². The maximum Gasteiger partial charge on any atom is 0.129 e. The predicted molar refractivity (Wildman–Crippen MR) is 72.0 cm³/mol. The molecule has 0 bridgehead atoms. The smallest absolute Gasteiger partial charge is 0.129 e. The lowest BCUT2D eigenvalue weighted by Crippen LogP contribution is -2.39. The molecule has 1 aliphatic heterocycles. The van der Waals surface area contributed by atoms with Crippen LogP contribution < -0.4 is 4.90 Å². The van der Waals surface area contributed by atoms with Crippen LogP contribution >= 0.6 is 15.9 Å². The number of anilines is 1. The summed E-state index contributed by atoms with van der Waals surface area (Å²) in [4.78, 5) is 7.02. The van der Waals surface area contributed by atoms with Gasteiger partial charge in [-0.15, -0.1) is 0 Å². The van der Waals surface area contributed by atoms with Gasteiger partial charge in [-0.25, -0.2) is 4.98 Å². The molecular weight excluding hydrogens is 264 g/mol. The van der Waals surface area contributed by atoms with Gasteiger partial charge >= 0.3 is 0 Å². The van der Waals surface area contributed by atoms with Gasteiger partial charge in [0.1, 0.15) is 5.82 Å². The Balaban J connectivity index is 2.23. The fraction of sp³-hybridized carbons (Fsp3) is 0.615. The molecule has 1 aliphatic rings. The van der Waals surface area contributed by atoms with Crippen LogP contribution in [0.2, 0.25) is 0 Å². The van der Waals surface area contributed by atoms with Crippen LogP contribution in [0.1, 0.15) is 38.2 Å². The first-order chi connectivity index (χ1) is 7.72. The second-order valence-electron chi connectivity index (χ2n) is 4.54. The molecule has 1 aromatic rings. The molecule has 3 heteroatoms. The van der Waals surface area contributed by atoms with Crippen molar-refractivity contribution in [2.45, 2.75) is 45.6 Å². The summed E-state index contributed by atoms with van der Waals surface area (Å²) < 4.78 is 1.10. The molecule has 0 N–H and O–H groups in total. The van der Waals surface area contributed by atoms with Gasteiger partial charge in [0.25, 0.3) is 0 Å². The number of aromatic nitrogens is 1. The molecule has 2 heterocycles. The largest absolute Gasteiger partial charge is 0.354 e. The minimum absolute atomic E-state index is 0.682. The van der Waals surface area contributed by atoms with Gasteiger partial charge in [0.2, 0.25) is 0 Å². The number of hydrogen-bond acceptors (Lipinski definition) is 2. The number of pyridine rings is 1. The van der Waals surface area contributed by atoms with Gasteiger partial charge in [0.05, 0.1) is 0 Å². The van der Waals surface area contributed by atoms with Gasteiger partial charge in [-0.05, 0) is 60.2 Å². The minimum Gasteiger partial charge on any atom is -0.354 e. The summed E-state index contributed by atoms with van der Waals surface area (Å²) in [5, 5.41) is 0. The van der Waals surface area contributed by atoms with Crippen LogP contribution in [0.15, 0.2) is 16.7 Å². The SMILES string of the molecule is CC[C@H]1CCCCN1c1cc(C)c(Br)cn1. The molecular formula is C13H19BrN2. The zero-order valence-corrected chi connectivity index (χ0v) is 11.6. The van der Waals surface area contributed by atoms with E-state index in [4.69, 9.17) is 0 Å². The van der Waals surface area contributed by atoms with Gasteiger partial charge in [-0.3, -0.25) is 0 Å². The van der Waals surface area contributed by atoms with Crippen molar-refractivity contribution in [3.8, 4) is 0 Å². The predicted octanol–water partition coefficient (Wildman–Crippen LogP) is 3.92. The van der Waals surface area contributed by atoms with E-state index in [0.717, 1.165) is 16.8 Å².